The molecule has 2 aliphatic rings. The maximum absolute atomic E-state index is 13.2. The molecule has 0 unspecified atom stereocenters. The van der Waals surface area contributed by atoms with E-state index < -0.39 is 23.6 Å². The summed E-state index contributed by atoms with van der Waals surface area (Å²) < 4.78 is 31.8. The van der Waals surface area contributed by atoms with E-state index in [0.29, 0.717) is 37.8 Å². The van der Waals surface area contributed by atoms with Crippen LogP contribution in [0.2, 0.25) is 0 Å². The average Bonchev–Trinajstić information content (AvgIpc) is 2.92. The van der Waals surface area contributed by atoms with Crippen molar-refractivity contribution in [3.05, 3.63) is 77.4 Å². The third-order valence-corrected chi connectivity index (χ3v) is 7.08. The summed E-state index contributed by atoms with van der Waals surface area (Å²) in [6.45, 7) is 4.41. The molecule has 2 aliphatic heterocycles. The number of hydrogen-bond acceptors (Lipinski definition) is 7. The van der Waals surface area contributed by atoms with Crippen LogP contribution in [0.1, 0.15) is 30.4 Å². The van der Waals surface area contributed by atoms with E-state index >= 15 is 0 Å². The van der Waals surface area contributed by atoms with Gasteiger partial charge in [0.15, 0.2) is 16.8 Å². The molecule has 0 spiro atoms. The van der Waals surface area contributed by atoms with Crippen molar-refractivity contribution in [1.82, 2.24) is 10.2 Å². The number of likely N-dealkylation sites (tertiary alicyclic amines) is 1. The maximum atomic E-state index is 13.2. The van der Waals surface area contributed by atoms with Crippen LogP contribution in [0.15, 0.2) is 59.6 Å². The Bertz CT molecular complexity index is 1150. The first-order valence-electron chi connectivity index (χ1n) is 12.7. The summed E-state index contributed by atoms with van der Waals surface area (Å²) in [4.78, 5) is 26.4. The molecule has 0 aliphatic carbocycles. The van der Waals surface area contributed by atoms with Gasteiger partial charge in [-0.3, -0.25) is 0 Å². The van der Waals surface area contributed by atoms with E-state index in [1.807, 2.05) is 6.07 Å². The topological polar surface area (TPSA) is 111 Å². The molecule has 39 heavy (non-hydrogen) atoms. The zero-order chi connectivity index (χ0) is 28.0. The SMILES string of the molecule is Fc1ccc(CCOCCCN2CCC(NC3=Nc4ccccc4CS3)CC2)cc1F.O=C(O)C=CC(=O)O. The van der Waals surface area contributed by atoms with Crippen LogP contribution in [0.5, 0.6) is 0 Å². The molecular formula is C28H33F2N3O5S. The number of para-hydroxylation sites is 1. The lowest BCUT2D eigenvalue weighted by molar-refractivity contribution is -0.134. The van der Waals surface area contributed by atoms with Crippen molar-refractivity contribution in [3.63, 3.8) is 0 Å². The molecule has 0 amide bonds. The molecule has 11 heteroatoms. The Kier molecular flexibility index (Phi) is 12.4. The van der Waals surface area contributed by atoms with E-state index in [1.54, 1.807) is 17.8 Å². The van der Waals surface area contributed by atoms with E-state index in [4.69, 9.17) is 19.9 Å². The first kappa shape index (κ1) is 30.3. The molecule has 3 N–H and O–H groups in total. The van der Waals surface area contributed by atoms with E-state index in [1.165, 1.54) is 17.7 Å². The number of fused-ring (bicyclic) bond motifs is 1. The lowest BCUT2D eigenvalue weighted by atomic mass is 10.1. The van der Waals surface area contributed by atoms with Gasteiger partial charge in [-0.2, -0.15) is 0 Å². The van der Waals surface area contributed by atoms with Gasteiger partial charge >= 0.3 is 11.9 Å². The lowest BCUT2D eigenvalue weighted by Gasteiger charge is -2.33. The summed E-state index contributed by atoms with van der Waals surface area (Å²) in [6.07, 6.45) is 4.94. The van der Waals surface area contributed by atoms with Crippen molar-refractivity contribution in [1.29, 1.82) is 0 Å². The van der Waals surface area contributed by atoms with Gasteiger partial charge in [0.1, 0.15) is 0 Å². The number of carboxylic acids is 2. The van der Waals surface area contributed by atoms with Crippen molar-refractivity contribution in [2.24, 2.45) is 4.99 Å². The molecule has 4 rings (SSSR count). The van der Waals surface area contributed by atoms with Gasteiger partial charge in [0.2, 0.25) is 0 Å². The minimum absolute atomic E-state index is 0.486. The number of nitrogens with zero attached hydrogens (tertiary/aromatic N) is 2. The van der Waals surface area contributed by atoms with Crippen LogP contribution in [0.3, 0.4) is 0 Å². The number of rotatable bonds is 10. The number of ether oxygens (including phenoxy) is 1. The van der Waals surface area contributed by atoms with Gasteiger partial charge in [0.05, 0.1) is 12.3 Å². The summed E-state index contributed by atoms with van der Waals surface area (Å²) in [5, 5.41) is 20.3. The number of hydrogen-bond donors (Lipinski definition) is 3. The second-order valence-corrected chi connectivity index (χ2v) is 10.0. The second kappa shape index (κ2) is 16.0. The fourth-order valence-electron chi connectivity index (χ4n) is 4.10. The quantitative estimate of drug-likeness (QED) is 0.285. The van der Waals surface area contributed by atoms with Crippen molar-refractivity contribution in [2.45, 2.75) is 37.5 Å². The molecule has 0 atom stereocenters. The number of piperidine rings is 1. The van der Waals surface area contributed by atoms with Crippen molar-refractivity contribution in [3.8, 4) is 0 Å². The standard InChI is InChI=1S/C24H29F2N3OS.C4H4O4/c25-21-7-6-18(16-22(21)26)10-15-30-14-3-11-29-12-8-20(9-13-29)27-24-28-23-5-2-1-4-19(23)17-31-24;5-3(6)1-2-4(7)8/h1-2,4-7,16,20H,3,8-15,17H2,(H,27,28);1-2H,(H,5,6)(H,7,8). The molecule has 210 valence electrons. The fraction of sp³-hybridized carbons (Fsp3) is 0.393. The highest BCUT2D eigenvalue weighted by Crippen LogP contribution is 2.30. The molecule has 8 nitrogen and oxygen atoms in total. The highest BCUT2D eigenvalue weighted by Gasteiger charge is 2.21. The van der Waals surface area contributed by atoms with Gasteiger partial charge in [-0.1, -0.05) is 36.0 Å². The Labute approximate surface area is 230 Å². The molecule has 2 aromatic rings. The van der Waals surface area contributed by atoms with Gasteiger partial charge in [0, 0.05) is 50.2 Å². The van der Waals surface area contributed by atoms with Gasteiger partial charge < -0.3 is 25.2 Å². The van der Waals surface area contributed by atoms with E-state index in [9.17, 15) is 18.4 Å². The smallest absolute Gasteiger partial charge is 0.328 e. The average molecular weight is 562 g/mol. The molecule has 2 heterocycles. The molecular weight excluding hydrogens is 528 g/mol. The molecule has 1 fully saturated rings. The van der Waals surface area contributed by atoms with Gasteiger partial charge in [0.25, 0.3) is 0 Å². The highest BCUT2D eigenvalue weighted by molar-refractivity contribution is 8.13. The molecule has 0 bridgehead atoms. The fourth-order valence-corrected chi connectivity index (χ4v) is 5.05. The van der Waals surface area contributed by atoms with Crippen LogP contribution in [0.4, 0.5) is 14.5 Å². The number of halogens is 2. The van der Waals surface area contributed by atoms with Crippen molar-refractivity contribution < 1.29 is 33.3 Å². The van der Waals surface area contributed by atoms with Crippen molar-refractivity contribution in [2.75, 3.05) is 32.8 Å². The normalized spacial score (nSPS) is 15.7. The monoisotopic (exact) mass is 561 g/mol. The first-order valence-corrected chi connectivity index (χ1v) is 13.7. The Morgan fingerprint density at radius 3 is 2.46 bits per heavy atom. The number of nitrogens with one attached hydrogen (secondary N) is 1. The number of amidine groups is 1. The zero-order valence-electron chi connectivity index (χ0n) is 21.5. The number of carboxylic acid groups (broad SMARTS) is 2. The van der Waals surface area contributed by atoms with Crippen LogP contribution >= 0.6 is 11.8 Å². The summed E-state index contributed by atoms with van der Waals surface area (Å²) in [5.74, 6) is -3.13. The minimum atomic E-state index is -1.26. The highest BCUT2D eigenvalue weighted by atomic mass is 32.2. The van der Waals surface area contributed by atoms with Crippen LogP contribution in [-0.2, 0) is 26.5 Å². The van der Waals surface area contributed by atoms with Crippen LogP contribution in [0.25, 0.3) is 0 Å². The van der Waals surface area contributed by atoms with E-state index in [0.717, 1.165) is 61.1 Å². The predicted octanol–water partition coefficient (Wildman–Crippen LogP) is 4.61. The predicted molar refractivity (Wildman–Crippen MR) is 147 cm³/mol. The summed E-state index contributed by atoms with van der Waals surface area (Å²) in [7, 11) is 0. The molecule has 0 radical (unpaired) electrons. The molecule has 0 saturated carbocycles. The van der Waals surface area contributed by atoms with Gasteiger partial charge in [-0.05, 0) is 55.0 Å². The third kappa shape index (κ3) is 11.2. The van der Waals surface area contributed by atoms with E-state index in [-0.39, 0.29) is 0 Å². The number of benzene rings is 2. The number of thioether (sulfide) groups is 1. The number of aliphatic carboxylic acids is 2. The molecule has 2 aromatic carbocycles. The maximum Gasteiger partial charge on any atom is 0.328 e. The Morgan fingerprint density at radius 1 is 1.05 bits per heavy atom. The number of aliphatic imine (C=N–C) groups is 1. The van der Waals surface area contributed by atoms with Crippen molar-refractivity contribution >= 4 is 34.6 Å². The van der Waals surface area contributed by atoms with Gasteiger partial charge in [-0.25, -0.2) is 23.4 Å². The van der Waals surface area contributed by atoms with Gasteiger partial charge in [-0.15, -0.1) is 0 Å². The zero-order valence-corrected chi connectivity index (χ0v) is 22.3. The third-order valence-electron chi connectivity index (χ3n) is 6.14. The first-order chi connectivity index (χ1) is 18.8. The Morgan fingerprint density at radius 2 is 1.77 bits per heavy atom. The van der Waals surface area contributed by atoms with E-state index in [2.05, 4.69) is 28.4 Å². The largest absolute Gasteiger partial charge is 0.478 e. The van der Waals surface area contributed by atoms with Crippen LogP contribution in [-0.4, -0.2) is 71.1 Å². The summed E-state index contributed by atoms with van der Waals surface area (Å²) in [5.41, 5.74) is 3.16. The van der Waals surface area contributed by atoms with Crippen LogP contribution in [0, 0.1) is 11.6 Å². The summed E-state index contributed by atoms with van der Waals surface area (Å²) >= 11 is 1.79. The van der Waals surface area contributed by atoms with Crippen LogP contribution < -0.4 is 5.32 Å². The molecule has 1 saturated heterocycles. The number of carbonyl (C=O) groups is 2. The lowest BCUT2D eigenvalue weighted by Crippen LogP contribution is -2.44. The molecule has 0 aromatic heterocycles. The Balaban J connectivity index is 0.000000459. The second-order valence-electron chi connectivity index (χ2n) is 9.07. The minimum Gasteiger partial charge on any atom is -0.478 e. The Hall–Kier alpha value is -3.28. The summed E-state index contributed by atoms with van der Waals surface area (Å²) in [6, 6.07) is 12.8.